The maximum Gasteiger partial charge on any atom is 0.227 e. The summed E-state index contributed by atoms with van der Waals surface area (Å²) in [6, 6.07) is 14.3. The smallest absolute Gasteiger partial charge is 0.227 e. The van der Waals surface area contributed by atoms with E-state index in [1.165, 1.54) is 5.39 Å². The van der Waals surface area contributed by atoms with E-state index in [4.69, 9.17) is 11.6 Å². The van der Waals surface area contributed by atoms with E-state index in [1.54, 1.807) is 0 Å². The van der Waals surface area contributed by atoms with Crippen molar-refractivity contribution < 1.29 is 4.79 Å². The maximum atomic E-state index is 11.9. The van der Waals surface area contributed by atoms with Crippen molar-refractivity contribution in [2.45, 2.75) is 6.42 Å². The maximum absolute atomic E-state index is 11.9. The first kappa shape index (κ1) is 11.5. The molecular formula is C15H14ClNO. The zero-order chi connectivity index (χ0) is 12.5. The van der Waals surface area contributed by atoms with Crippen LogP contribution in [0.15, 0.2) is 42.5 Å². The summed E-state index contributed by atoms with van der Waals surface area (Å²) >= 11 is 5.84. The number of carbonyl (C=O) groups excluding carboxylic acids is 1. The molecule has 0 radical (unpaired) electrons. The second kappa shape index (κ2) is 4.62. The summed E-state index contributed by atoms with van der Waals surface area (Å²) in [5.74, 6) is 1.01. The van der Waals surface area contributed by atoms with Gasteiger partial charge in [-0.1, -0.05) is 30.3 Å². The van der Waals surface area contributed by atoms with E-state index < -0.39 is 0 Å². The molecule has 2 aromatic rings. The van der Waals surface area contributed by atoms with E-state index in [0.29, 0.717) is 12.3 Å². The standard InChI is InChI=1S/C15H14ClNO/c16-9-11-7-15(18)17(10-11)14-6-5-12-3-1-2-4-13(12)8-14/h1-6,8,11H,7,9-10H2. The molecule has 0 aromatic heterocycles. The molecule has 0 aliphatic carbocycles. The van der Waals surface area contributed by atoms with Gasteiger partial charge < -0.3 is 4.90 Å². The largest absolute Gasteiger partial charge is 0.312 e. The van der Waals surface area contributed by atoms with Gasteiger partial charge in [-0.15, -0.1) is 11.6 Å². The molecule has 92 valence electrons. The Balaban J connectivity index is 1.97. The highest BCUT2D eigenvalue weighted by Gasteiger charge is 2.29. The zero-order valence-corrected chi connectivity index (χ0v) is 10.7. The number of alkyl halides is 1. The Kier molecular flexibility index (Phi) is 2.96. The monoisotopic (exact) mass is 259 g/mol. The first-order chi connectivity index (χ1) is 8.78. The Labute approximate surface area is 111 Å². The van der Waals surface area contributed by atoms with E-state index in [2.05, 4.69) is 24.3 Å². The van der Waals surface area contributed by atoms with Gasteiger partial charge in [-0.05, 0) is 28.8 Å². The first-order valence-corrected chi connectivity index (χ1v) is 6.66. The van der Waals surface area contributed by atoms with E-state index >= 15 is 0 Å². The highest BCUT2D eigenvalue weighted by molar-refractivity contribution is 6.18. The second-order valence-corrected chi connectivity index (χ2v) is 5.07. The van der Waals surface area contributed by atoms with Crippen LogP contribution in [0.4, 0.5) is 5.69 Å². The molecule has 1 saturated heterocycles. The van der Waals surface area contributed by atoms with Gasteiger partial charge in [0.05, 0.1) is 0 Å². The third-order valence-corrected chi connectivity index (χ3v) is 3.90. The highest BCUT2D eigenvalue weighted by atomic mass is 35.5. The molecular weight excluding hydrogens is 246 g/mol. The van der Waals surface area contributed by atoms with Crippen LogP contribution in [-0.4, -0.2) is 18.3 Å². The number of rotatable bonds is 2. The van der Waals surface area contributed by atoms with Crippen molar-refractivity contribution in [1.29, 1.82) is 0 Å². The molecule has 1 aliphatic rings. The minimum atomic E-state index is 0.177. The zero-order valence-electron chi connectivity index (χ0n) is 9.97. The van der Waals surface area contributed by atoms with Crippen molar-refractivity contribution in [3.63, 3.8) is 0 Å². The third kappa shape index (κ3) is 1.97. The lowest BCUT2D eigenvalue weighted by molar-refractivity contribution is -0.117. The van der Waals surface area contributed by atoms with Gasteiger partial charge in [0.25, 0.3) is 0 Å². The number of hydrogen-bond donors (Lipinski definition) is 0. The Bertz CT molecular complexity index is 596. The fraction of sp³-hybridized carbons (Fsp3) is 0.267. The van der Waals surface area contributed by atoms with E-state index in [1.807, 2.05) is 23.1 Å². The lowest BCUT2D eigenvalue weighted by Crippen LogP contribution is -2.24. The average molecular weight is 260 g/mol. The lowest BCUT2D eigenvalue weighted by Gasteiger charge is -2.17. The lowest BCUT2D eigenvalue weighted by atomic mass is 10.1. The summed E-state index contributed by atoms with van der Waals surface area (Å²) in [4.78, 5) is 13.8. The Morgan fingerprint density at radius 3 is 2.67 bits per heavy atom. The number of amides is 1. The van der Waals surface area contributed by atoms with Crippen molar-refractivity contribution in [2.24, 2.45) is 5.92 Å². The summed E-state index contributed by atoms with van der Waals surface area (Å²) in [5, 5.41) is 2.36. The molecule has 0 bridgehead atoms. The van der Waals surface area contributed by atoms with Crippen LogP contribution in [-0.2, 0) is 4.79 Å². The van der Waals surface area contributed by atoms with E-state index in [-0.39, 0.29) is 11.8 Å². The highest BCUT2D eigenvalue weighted by Crippen LogP contribution is 2.28. The van der Waals surface area contributed by atoms with Gasteiger partial charge in [-0.2, -0.15) is 0 Å². The summed E-state index contributed by atoms with van der Waals surface area (Å²) in [6.45, 7) is 0.737. The Morgan fingerprint density at radius 1 is 1.17 bits per heavy atom. The van der Waals surface area contributed by atoms with Crippen molar-refractivity contribution >= 4 is 34.0 Å². The Morgan fingerprint density at radius 2 is 1.94 bits per heavy atom. The molecule has 2 aromatic carbocycles. The summed E-state index contributed by atoms with van der Waals surface area (Å²) < 4.78 is 0. The van der Waals surface area contributed by atoms with Crippen LogP contribution in [0.3, 0.4) is 0 Å². The third-order valence-electron chi connectivity index (χ3n) is 3.47. The molecule has 0 saturated carbocycles. The normalized spacial score (nSPS) is 19.7. The molecule has 3 rings (SSSR count). The molecule has 1 atom stereocenters. The number of benzene rings is 2. The SMILES string of the molecule is O=C1CC(CCl)CN1c1ccc2ccccc2c1. The van der Waals surface area contributed by atoms with E-state index in [0.717, 1.165) is 17.6 Å². The number of nitrogens with zero attached hydrogens (tertiary/aromatic N) is 1. The Hall–Kier alpha value is -1.54. The number of hydrogen-bond acceptors (Lipinski definition) is 1. The molecule has 0 spiro atoms. The molecule has 1 amide bonds. The van der Waals surface area contributed by atoms with Gasteiger partial charge >= 0.3 is 0 Å². The predicted octanol–water partition coefficient (Wildman–Crippen LogP) is 3.43. The van der Waals surface area contributed by atoms with Crippen LogP contribution in [0, 0.1) is 5.92 Å². The van der Waals surface area contributed by atoms with Gasteiger partial charge in [-0.25, -0.2) is 0 Å². The molecule has 18 heavy (non-hydrogen) atoms. The van der Waals surface area contributed by atoms with E-state index in [9.17, 15) is 4.79 Å². The van der Waals surface area contributed by atoms with Crippen LogP contribution >= 0.6 is 11.6 Å². The molecule has 1 unspecified atom stereocenters. The fourth-order valence-electron chi connectivity index (χ4n) is 2.48. The van der Waals surface area contributed by atoms with Gasteiger partial charge in [0, 0.05) is 24.5 Å². The van der Waals surface area contributed by atoms with Crippen LogP contribution in [0.1, 0.15) is 6.42 Å². The van der Waals surface area contributed by atoms with Crippen molar-refractivity contribution in [2.75, 3.05) is 17.3 Å². The quantitative estimate of drug-likeness (QED) is 0.757. The first-order valence-electron chi connectivity index (χ1n) is 6.13. The number of carbonyl (C=O) groups is 1. The average Bonchev–Trinajstić information content (AvgIpc) is 2.79. The second-order valence-electron chi connectivity index (χ2n) is 4.76. The van der Waals surface area contributed by atoms with Crippen molar-refractivity contribution in [3.05, 3.63) is 42.5 Å². The topological polar surface area (TPSA) is 20.3 Å². The van der Waals surface area contributed by atoms with Crippen LogP contribution in [0.25, 0.3) is 10.8 Å². The molecule has 2 nitrogen and oxygen atoms in total. The van der Waals surface area contributed by atoms with Crippen LogP contribution in [0.2, 0.25) is 0 Å². The van der Waals surface area contributed by atoms with Crippen LogP contribution < -0.4 is 4.90 Å². The molecule has 3 heteroatoms. The van der Waals surface area contributed by atoms with Crippen molar-refractivity contribution in [1.82, 2.24) is 0 Å². The molecule has 0 N–H and O–H groups in total. The molecule has 1 heterocycles. The summed E-state index contributed by atoms with van der Waals surface area (Å²) in [6.07, 6.45) is 0.566. The number of halogens is 1. The minimum Gasteiger partial charge on any atom is -0.312 e. The molecule has 1 fully saturated rings. The van der Waals surface area contributed by atoms with Gasteiger partial charge in [0.1, 0.15) is 0 Å². The molecule has 1 aliphatic heterocycles. The van der Waals surface area contributed by atoms with Crippen molar-refractivity contribution in [3.8, 4) is 0 Å². The number of anilines is 1. The summed E-state index contributed by atoms with van der Waals surface area (Å²) in [7, 11) is 0. The van der Waals surface area contributed by atoms with Gasteiger partial charge in [0.15, 0.2) is 0 Å². The summed E-state index contributed by atoms with van der Waals surface area (Å²) in [5.41, 5.74) is 0.978. The minimum absolute atomic E-state index is 0.177. The fourth-order valence-corrected chi connectivity index (χ4v) is 2.69. The number of fused-ring (bicyclic) bond motifs is 1. The van der Waals surface area contributed by atoms with Gasteiger partial charge in [-0.3, -0.25) is 4.79 Å². The predicted molar refractivity (Wildman–Crippen MR) is 75.1 cm³/mol. The van der Waals surface area contributed by atoms with Crippen LogP contribution in [0.5, 0.6) is 0 Å². The van der Waals surface area contributed by atoms with Gasteiger partial charge in [0.2, 0.25) is 5.91 Å².